The molecule has 0 spiro atoms. The van der Waals surface area contributed by atoms with Gasteiger partial charge in [0.05, 0.1) is 12.6 Å². The molecule has 1 amide bonds. The number of hydrogen-bond acceptors (Lipinski definition) is 6. The average molecular weight is 458 g/mol. The van der Waals surface area contributed by atoms with Gasteiger partial charge in [-0.2, -0.15) is 0 Å². The van der Waals surface area contributed by atoms with Crippen LogP contribution in [0.25, 0.3) is 0 Å². The molecule has 9 nitrogen and oxygen atoms in total. The van der Waals surface area contributed by atoms with Gasteiger partial charge in [0.1, 0.15) is 5.82 Å². The van der Waals surface area contributed by atoms with Crippen LogP contribution in [0.2, 0.25) is 0 Å². The third-order valence-corrected chi connectivity index (χ3v) is 6.08. The van der Waals surface area contributed by atoms with Gasteiger partial charge in [0.25, 0.3) is 5.56 Å². The second-order valence-corrected chi connectivity index (χ2v) is 8.77. The topological polar surface area (TPSA) is 125 Å². The number of anilines is 3. The van der Waals surface area contributed by atoms with E-state index in [0.717, 1.165) is 44.2 Å². The maximum absolute atomic E-state index is 13.7. The molecular formula is C24H35N5O4. The summed E-state index contributed by atoms with van der Waals surface area (Å²) in [5.74, 6) is -0.261. The lowest BCUT2D eigenvalue weighted by atomic mass is 10.1. The zero-order valence-electron chi connectivity index (χ0n) is 19.5. The Morgan fingerprint density at radius 2 is 1.91 bits per heavy atom. The first-order valence-electron chi connectivity index (χ1n) is 11.8. The normalized spacial score (nSPS) is 14.9. The Morgan fingerprint density at radius 3 is 2.52 bits per heavy atom. The first kappa shape index (κ1) is 24.6. The summed E-state index contributed by atoms with van der Waals surface area (Å²) in [5, 5.41) is 10.0. The zero-order chi connectivity index (χ0) is 24.0. The molecule has 1 saturated carbocycles. The highest BCUT2D eigenvalue weighted by Crippen LogP contribution is 2.30. The summed E-state index contributed by atoms with van der Waals surface area (Å²) in [6.07, 6.45) is 4.37. The smallest absolute Gasteiger partial charge is 0.330 e. The molecular weight excluding hydrogens is 422 g/mol. The Balaban J connectivity index is 2.02. The number of aliphatic hydroxyl groups is 1. The van der Waals surface area contributed by atoms with Gasteiger partial charge in [0.2, 0.25) is 5.91 Å². The molecule has 1 unspecified atom stereocenters. The number of nitrogen functional groups attached to an aromatic ring is 1. The predicted molar refractivity (Wildman–Crippen MR) is 131 cm³/mol. The average Bonchev–Trinajstić information content (AvgIpc) is 3.30. The molecule has 3 rings (SSSR count). The maximum Gasteiger partial charge on any atom is 0.330 e. The quantitative estimate of drug-likeness (QED) is 0.502. The fourth-order valence-corrected chi connectivity index (χ4v) is 4.48. The first-order valence-corrected chi connectivity index (χ1v) is 11.8. The molecule has 0 radical (unpaired) electrons. The molecule has 1 heterocycles. The minimum atomic E-state index is -0.651. The Morgan fingerprint density at radius 1 is 1.24 bits per heavy atom. The Kier molecular flexibility index (Phi) is 8.32. The van der Waals surface area contributed by atoms with E-state index < -0.39 is 17.4 Å². The van der Waals surface area contributed by atoms with Crippen molar-refractivity contribution in [1.29, 1.82) is 0 Å². The minimum absolute atomic E-state index is 0.0271. The molecule has 1 aliphatic carbocycles. The Labute approximate surface area is 193 Å². The van der Waals surface area contributed by atoms with Crippen molar-refractivity contribution in [1.82, 2.24) is 9.55 Å². The lowest BCUT2D eigenvalue weighted by molar-refractivity contribution is -0.117. The highest BCUT2D eigenvalue weighted by Gasteiger charge is 2.33. The van der Waals surface area contributed by atoms with E-state index in [9.17, 15) is 19.5 Å². The van der Waals surface area contributed by atoms with Crippen LogP contribution < -0.4 is 26.8 Å². The number of nitrogens with two attached hydrogens (primary N) is 1. The van der Waals surface area contributed by atoms with Gasteiger partial charge in [-0.25, -0.2) is 4.79 Å². The van der Waals surface area contributed by atoms with Crippen molar-refractivity contribution in [2.75, 3.05) is 28.6 Å². The molecule has 1 atom stereocenters. The summed E-state index contributed by atoms with van der Waals surface area (Å²) >= 11 is 0. The second-order valence-electron chi connectivity index (χ2n) is 8.77. The van der Waals surface area contributed by atoms with Gasteiger partial charge in [0, 0.05) is 24.8 Å². The zero-order valence-corrected chi connectivity index (χ0v) is 19.5. The van der Waals surface area contributed by atoms with Crippen LogP contribution in [0.3, 0.4) is 0 Å². The minimum Gasteiger partial charge on any atom is -0.392 e. The molecule has 0 saturated heterocycles. The number of benzene rings is 1. The third kappa shape index (κ3) is 5.84. The number of nitrogens with zero attached hydrogens (tertiary/aromatic N) is 3. The van der Waals surface area contributed by atoms with Crippen molar-refractivity contribution in [3.8, 4) is 0 Å². The molecule has 2 aromatic rings. The number of H-pyrrole nitrogens is 1. The maximum atomic E-state index is 13.7. The molecule has 1 aliphatic rings. The van der Waals surface area contributed by atoms with Crippen LogP contribution in [0.5, 0.6) is 0 Å². The van der Waals surface area contributed by atoms with E-state index in [1.165, 1.54) is 9.47 Å². The molecule has 33 heavy (non-hydrogen) atoms. The summed E-state index contributed by atoms with van der Waals surface area (Å²) in [4.78, 5) is 44.7. The van der Waals surface area contributed by atoms with Gasteiger partial charge < -0.3 is 15.7 Å². The van der Waals surface area contributed by atoms with Gasteiger partial charge in [-0.05, 0) is 38.3 Å². The molecule has 0 aliphatic heterocycles. The van der Waals surface area contributed by atoms with Crippen molar-refractivity contribution in [3.05, 3.63) is 51.2 Å². The van der Waals surface area contributed by atoms with E-state index in [0.29, 0.717) is 6.54 Å². The fraction of sp³-hybridized carbons (Fsp3) is 0.542. The van der Waals surface area contributed by atoms with Crippen LogP contribution in [0.4, 0.5) is 17.2 Å². The van der Waals surface area contributed by atoms with E-state index in [4.69, 9.17) is 5.73 Å². The van der Waals surface area contributed by atoms with Gasteiger partial charge in [-0.3, -0.25) is 24.0 Å². The SMILES string of the molecule is CCCCn1c(N)c(N(C(=O)CN(CC(C)O)c2ccccc2)C2CCCC2)c(=O)[nH]c1=O. The van der Waals surface area contributed by atoms with E-state index in [1.54, 1.807) is 11.8 Å². The molecule has 9 heteroatoms. The summed E-state index contributed by atoms with van der Waals surface area (Å²) in [6.45, 7) is 4.27. The number of nitrogens with one attached hydrogen (secondary N) is 1. The number of amides is 1. The second kappa shape index (κ2) is 11.2. The molecule has 1 aromatic heterocycles. The third-order valence-electron chi connectivity index (χ3n) is 6.08. The number of rotatable bonds is 10. The fourth-order valence-electron chi connectivity index (χ4n) is 4.48. The summed E-state index contributed by atoms with van der Waals surface area (Å²) < 4.78 is 1.35. The summed E-state index contributed by atoms with van der Waals surface area (Å²) in [7, 11) is 0. The van der Waals surface area contributed by atoms with E-state index >= 15 is 0 Å². The predicted octanol–water partition coefficient (Wildman–Crippen LogP) is 2.08. The Hall–Kier alpha value is -3.07. The van der Waals surface area contributed by atoms with Crippen molar-refractivity contribution < 1.29 is 9.90 Å². The molecule has 180 valence electrons. The Bertz CT molecular complexity index is 1040. The first-order chi connectivity index (χ1) is 15.8. The van der Waals surface area contributed by atoms with Crippen LogP contribution in [0.15, 0.2) is 39.9 Å². The number of hydrogen-bond donors (Lipinski definition) is 3. The number of para-hydroxylation sites is 1. The van der Waals surface area contributed by atoms with Crippen LogP contribution in [0, 0.1) is 0 Å². The molecule has 4 N–H and O–H groups in total. The van der Waals surface area contributed by atoms with E-state index in [2.05, 4.69) is 4.98 Å². The van der Waals surface area contributed by atoms with Gasteiger partial charge in [-0.15, -0.1) is 0 Å². The number of aliphatic hydroxyl groups excluding tert-OH is 1. The number of carbonyl (C=O) groups is 1. The standard InChI is InChI=1S/C24H35N5O4/c1-3-4-14-28-22(25)21(23(32)26-24(28)33)29(19-12-8-9-13-19)20(31)16-27(15-17(2)30)18-10-6-5-7-11-18/h5-7,10-11,17,19,30H,3-4,8-9,12-16,25H2,1-2H3,(H,26,32,33). The van der Waals surface area contributed by atoms with Crippen molar-refractivity contribution in [3.63, 3.8) is 0 Å². The monoisotopic (exact) mass is 457 g/mol. The van der Waals surface area contributed by atoms with Crippen LogP contribution in [-0.4, -0.2) is 45.8 Å². The number of carbonyl (C=O) groups excluding carboxylic acids is 1. The van der Waals surface area contributed by atoms with Crippen molar-refractivity contribution in [2.45, 2.75) is 71.1 Å². The molecule has 0 bridgehead atoms. The lowest BCUT2D eigenvalue weighted by Gasteiger charge is -2.33. The van der Waals surface area contributed by atoms with Crippen LogP contribution in [0.1, 0.15) is 52.4 Å². The van der Waals surface area contributed by atoms with Crippen molar-refractivity contribution in [2.24, 2.45) is 0 Å². The van der Waals surface area contributed by atoms with E-state index in [-0.39, 0.29) is 36.5 Å². The summed E-state index contributed by atoms with van der Waals surface area (Å²) in [5.41, 5.74) is 5.99. The number of aromatic nitrogens is 2. The molecule has 1 fully saturated rings. The van der Waals surface area contributed by atoms with E-state index in [1.807, 2.05) is 37.3 Å². The largest absolute Gasteiger partial charge is 0.392 e. The van der Waals surface area contributed by atoms with Crippen LogP contribution in [-0.2, 0) is 11.3 Å². The number of unbranched alkanes of at least 4 members (excludes halogenated alkanes) is 1. The lowest BCUT2D eigenvalue weighted by Crippen LogP contribution is -2.50. The highest BCUT2D eigenvalue weighted by molar-refractivity contribution is 5.99. The molecule has 1 aromatic carbocycles. The van der Waals surface area contributed by atoms with Crippen molar-refractivity contribution >= 4 is 23.1 Å². The highest BCUT2D eigenvalue weighted by atomic mass is 16.3. The summed E-state index contributed by atoms with van der Waals surface area (Å²) in [6, 6.07) is 9.22. The van der Waals surface area contributed by atoms with Gasteiger partial charge >= 0.3 is 5.69 Å². The van der Waals surface area contributed by atoms with Gasteiger partial charge in [-0.1, -0.05) is 44.4 Å². The number of aromatic amines is 1. The van der Waals surface area contributed by atoms with Gasteiger partial charge in [0.15, 0.2) is 5.69 Å². The van der Waals surface area contributed by atoms with Crippen LogP contribution >= 0.6 is 0 Å².